The van der Waals surface area contributed by atoms with E-state index in [0.717, 1.165) is 32.6 Å². The molecule has 2 aliphatic rings. The highest BCUT2D eigenvalue weighted by Crippen LogP contribution is 2.44. The van der Waals surface area contributed by atoms with E-state index in [1.165, 1.54) is 5.56 Å². The zero-order chi connectivity index (χ0) is 27.0. The van der Waals surface area contributed by atoms with Crippen molar-refractivity contribution < 1.29 is 50.9 Å². The highest BCUT2D eigenvalue weighted by molar-refractivity contribution is 5.86. The first-order valence-electron chi connectivity index (χ1n) is 10.2. The number of rotatable bonds is 4. The molecule has 0 aromatic carbocycles. The number of aromatic nitrogens is 1. The van der Waals surface area contributed by atoms with Gasteiger partial charge in [0.2, 0.25) is 5.91 Å². The van der Waals surface area contributed by atoms with E-state index in [0.29, 0.717) is 18.4 Å². The van der Waals surface area contributed by atoms with Gasteiger partial charge < -0.3 is 15.1 Å². The average molecular weight is 513 g/mol. The summed E-state index contributed by atoms with van der Waals surface area (Å²) in [4.78, 5) is 39.1. The minimum absolute atomic E-state index is 0.175. The summed E-state index contributed by atoms with van der Waals surface area (Å²) in [5.41, 5.74) is 1.04. The number of nitrogens with zero attached hydrogens (tertiary/aromatic N) is 3. The molecule has 2 atom stereocenters. The van der Waals surface area contributed by atoms with Crippen molar-refractivity contribution in [3.8, 4) is 0 Å². The molecule has 14 heteroatoms. The Morgan fingerprint density at radius 1 is 1.20 bits per heavy atom. The minimum atomic E-state index is -5.08. The third-order valence-electron chi connectivity index (χ3n) is 5.49. The molecule has 0 unspecified atom stereocenters. The fourth-order valence-corrected chi connectivity index (χ4v) is 3.84. The van der Waals surface area contributed by atoms with Crippen LogP contribution in [0.4, 0.5) is 26.3 Å². The number of carboxylic acids is 2. The van der Waals surface area contributed by atoms with E-state index >= 15 is 0 Å². The van der Waals surface area contributed by atoms with Crippen LogP contribution < -0.4 is 0 Å². The number of pyridine rings is 1. The Morgan fingerprint density at radius 2 is 1.74 bits per heavy atom. The maximum Gasteiger partial charge on any atom is 0.490 e. The van der Waals surface area contributed by atoms with Gasteiger partial charge in [0, 0.05) is 45.1 Å². The van der Waals surface area contributed by atoms with Crippen LogP contribution in [0.2, 0.25) is 0 Å². The number of hydrogen-bond acceptors (Lipinski definition) is 5. The van der Waals surface area contributed by atoms with Gasteiger partial charge in [-0.2, -0.15) is 26.3 Å². The number of alkyl halides is 6. The number of carbonyl (C=O) groups excluding carboxylic acids is 1. The standard InChI is InChI=1S/C17H23N3O.2C2HF3O2/c1-3-8-20-9-6-17(16(20)21)13-19(11-14(17)2)12-15-5-4-7-18-10-15;2*3-2(4,5)1(6)7/h3-5,7,10,14H,1,6,8-9,11-13H2,2H3;2*(H,6,7)/t14-,17-;;/m1../s1. The van der Waals surface area contributed by atoms with Gasteiger partial charge >= 0.3 is 24.3 Å². The fourth-order valence-electron chi connectivity index (χ4n) is 3.84. The molecule has 2 aliphatic heterocycles. The summed E-state index contributed by atoms with van der Waals surface area (Å²) < 4.78 is 63.5. The molecule has 1 aromatic heterocycles. The summed E-state index contributed by atoms with van der Waals surface area (Å²) in [6.07, 6.45) is -3.66. The van der Waals surface area contributed by atoms with Crippen LogP contribution in [0, 0.1) is 11.3 Å². The molecular weight excluding hydrogens is 488 g/mol. The van der Waals surface area contributed by atoms with Gasteiger partial charge in [0.05, 0.1) is 5.41 Å². The number of carboxylic acid groups (broad SMARTS) is 2. The molecule has 0 saturated carbocycles. The predicted molar refractivity (Wildman–Crippen MR) is 110 cm³/mol. The topological polar surface area (TPSA) is 111 Å². The van der Waals surface area contributed by atoms with Gasteiger partial charge in [0.1, 0.15) is 0 Å². The molecule has 2 N–H and O–H groups in total. The lowest BCUT2D eigenvalue weighted by Gasteiger charge is -2.26. The Balaban J connectivity index is 0.000000362. The molecule has 2 fully saturated rings. The molecule has 196 valence electrons. The molecule has 8 nitrogen and oxygen atoms in total. The Hall–Kier alpha value is -3.16. The van der Waals surface area contributed by atoms with E-state index in [1.54, 1.807) is 6.20 Å². The Labute approximate surface area is 196 Å². The average Bonchev–Trinajstić information content (AvgIpc) is 3.22. The number of likely N-dealkylation sites (tertiary alicyclic amines) is 2. The largest absolute Gasteiger partial charge is 0.490 e. The fraction of sp³-hybridized carbons (Fsp3) is 0.524. The van der Waals surface area contributed by atoms with E-state index < -0.39 is 24.3 Å². The number of amides is 1. The predicted octanol–water partition coefficient (Wildman–Crippen LogP) is 3.20. The molecule has 3 rings (SSSR count). The molecule has 1 amide bonds. The molecule has 35 heavy (non-hydrogen) atoms. The maximum absolute atomic E-state index is 12.8. The van der Waals surface area contributed by atoms with Crippen molar-refractivity contribution in [2.24, 2.45) is 11.3 Å². The van der Waals surface area contributed by atoms with E-state index in [4.69, 9.17) is 19.8 Å². The summed E-state index contributed by atoms with van der Waals surface area (Å²) >= 11 is 0. The third kappa shape index (κ3) is 8.53. The van der Waals surface area contributed by atoms with E-state index in [9.17, 15) is 31.1 Å². The van der Waals surface area contributed by atoms with Crippen molar-refractivity contribution in [2.75, 3.05) is 26.2 Å². The van der Waals surface area contributed by atoms with Gasteiger partial charge in [-0.3, -0.25) is 14.7 Å². The number of aliphatic carboxylic acids is 2. The Kier molecular flexibility index (Phi) is 10.2. The third-order valence-corrected chi connectivity index (χ3v) is 5.49. The van der Waals surface area contributed by atoms with Crippen molar-refractivity contribution >= 4 is 17.8 Å². The first kappa shape index (κ1) is 29.9. The molecule has 1 aromatic rings. The number of carbonyl (C=O) groups is 3. The molecule has 0 aliphatic carbocycles. The lowest BCUT2D eigenvalue weighted by Crippen LogP contribution is -2.39. The molecule has 1 spiro atoms. The molecular formula is C21H25F6N3O5. The van der Waals surface area contributed by atoms with Crippen LogP contribution in [0.5, 0.6) is 0 Å². The summed E-state index contributed by atoms with van der Waals surface area (Å²) in [5.74, 6) is -4.78. The molecule has 2 saturated heterocycles. The van der Waals surface area contributed by atoms with Gasteiger partial charge in [-0.25, -0.2) is 9.59 Å². The summed E-state index contributed by atoms with van der Waals surface area (Å²) in [5, 5.41) is 14.2. The monoisotopic (exact) mass is 513 g/mol. The quantitative estimate of drug-likeness (QED) is 0.470. The van der Waals surface area contributed by atoms with Crippen LogP contribution in [0.15, 0.2) is 37.2 Å². The smallest absolute Gasteiger partial charge is 0.475 e. The normalized spacial score (nSPS) is 22.2. The Bertz CT molecular complexity index is 870. The second-order valence-electron chi connectivity index (χ2n) is 7.98. The lowest BCUT2D eigenvalue weighted by molar-refractivity contribution is -0.193. The lowest BCUT2D eigenvalue weighted by atomic mass is 9.78. The summed E-state index contributed by atoms with van der Waals surface area (Å²) in [6, 6.07) is 4.07. The van der Waals surface area contributed by atoms with Gasteiger partial charge in [-0.1, -0.05) is 19.1 Å². The van der Waals surface area contributed by atoms with Crippen molar-refractivity contribution in [3.63, 3.8) is 0 Å². The Morgan fingerprint density at radius 3 is 2.17 bits per heavy atom. The molecule has 0 bridgehead atoms. The van der Waals surface area contributed by atoms with Crippen LogP contribution >= 0.6 is 0 Å². The number of hydrogen-bond donors (Lipinski definition) is 2. The van der Waals surface area contributed by atoms with Gasteiger partial charge in [0.25, 0.3) is 0 Å². The van der Waals surface area contributed by atoms with Crippen LogP contribution in [0.25, 0.3) is 0 Å². The van der Waals surface area contributed by atoms with Crippen LogP contribution in [0.3, 0.4) is 0 Å². The van der Waals surface area contributed by atoms with E-state index in [-0.39, 0.29) is 5.41 Å². The summed E-state index contributed by atoms with van der Waals surface area (Å²) in [6.45, 7) is 10.3. The van der Waals surface area contributed by atoms with E-state index in [2.05, 4.69) is 29.5 Å². The van der Waals surface area contributed by atoms with E-state index in [1.807, 2.05) is 23.2 Å². The number of halogens is 6. The van der Waals surface area contributed by atoms with Crippen LogP contribution in [0.1, 0.15) is 18.9 Å². The second-order valence-corrected chi connectivity index (χ2v) is 7.98. The van der Waals surface area contributed by atoms with Crippen LogP contribution in [-0.2, 0) is 20.9 Å². The zero-order valence-corrected chi connectivity index (χ0v) is 18.6. The highest BCUT2D eigenvalue weighted by atomic mass is 19.4. The van der Waals surface area contributed by atoms with Gasteiger partial charge in [-0.15, -0.1) is 6.58 Å². The van der Waals surface area contributed by atoms with Crippen molar-refractivity contribution in [2.45, 2.75) is 32.2 Å². The van der Waals surface area contributed by atoms with Crippen LogP contribution in [-0.4, -0.2) is 81.4 Å². The zero-order valence-electron chi connectivity index (χ0n) is 18.6. The first-order chi connectivity index (χ1) is 16.0. The second kappa shape index (κ2) is 12.0. The summed E-state index contributed by atoms with van der Waals surface area (Å²) in [7, 11) is 0. The first-order valence-corrected chi connectivity index (χ1v) is 10.2. The molecule has 0 radical (unpaired) electrons. The van der Waals surface area contributed by atoms with Crippen molar-refractivity contribution in [3.05, 3.63) is 42.7 Å². The SMILES string of the molecule is C=CCN1CC[C@]2(CN(Cc3cccnc3)C[C@H]2C)C1=O.O=C(O)C(F)(F)F.O=C(O)C(F)(F)F. The highest BCUT2D eigenvalue weighted by Gasteiger charge is 2.54. The maximum atomic E-state index is 12.8. The van der Waals surface area contributed by atoms with Gasteiger partial charge in [-0.05, 0) is 24.0 Å². The molecule has 3 heterocycles. The van der Waals surface area contributed by atoms with Crippen molar-refractivity contribution in [1.82, 2.24) is 14.8 Å². The minimum Gasteiger partial charge on any atom is -0.475 e. The van der Waals surface area contributed by atoms with Crippen molar-refractivity contribution in [1.29, 1.82) is 0 Å². The van der Waals surface area contributed by atoms with Gasteiger partial charge in [0.15, 0.2) is 0 Å².